The molecule has 6 rings (SSSR count). The predicted molar refractivity (Wildman–Crippen MR) is 208 cm³/mol. The SMILES string of the molecule is CC(=O)O[C@H]1C[C@@H](c2cc(O)c(O)c(OCCc3cccnc3)c2)O[C@@H]([C@H]2CSSC[C@@]3(NC(N)=NCCO)CCC[C@@H](C3)Oc3cc(ccc3O)C2)C1. The number of nitrogens with two attached hydrogens (primary N) is 1. The Bertz CT molecular complexity index is 1750. The van der Waals surface area contributed by atoms with Crippen LogP contribution in [0.15, 0.2) is 59.9 Å². The first-order valence-electron chi connectivity index (χ1n) is 18.4. The Morgan fingerprint density at radius 1 is 1.15 bits per heavy atom. The van der Waals surface area contributed by atoms with Gasteiger partial charge in [-0.25, -0.2) is 0 Å². The van der Waals surface area contributed by atoms with Crippen molar-refractivity contribution in [3.05, 3.63) is 71.5 Å². The molecule has 3 heterocycles. The summed E-state index contributed by atoms with van der Waals surface area (Å²) in [6.07, 6.45) is 7.15. The number of fused-ring (bicyclic) bond motifs is 4. The lowest BCUT2D eigenvalue weighted by molar-refractivity contribution is -0.163. The van der Waals surface area contributed by atoms with Gasteiger partial charge in [-0.1, -0.05) is 33.7 Å². The van der Waals surface area contributed by atoms with Crippen LogP contribution in [0.4, 0.5) is 0 Å². The van der Waals surface area contributed by atoms with Crippen molar-refractivity contribution in [1.29, 1.82) is 0 Å². The minimum absolute atomic E-state index is 0.0538. The van der Waals surface area contributed by atoms with Crippen LogP contribution in [0.2, 0.25) is 0 Å². The van der Waals surface area contributed by atoms with Crippen molar-refractivity contribution in [1.82, 2.24) is 10.3 Å². The van der Waals surface area contributed by atoms with E-state index >= 15 is 0 Å². The number of benzene rings is 2. The van der Waals surface area contributed by atoms with Gasteiger partial charge < -0.3 is 50.4 Å². The lowest BCUT2D eigenvalue weighted by atomic mass is 9.81. The molecule has 3 aliphatic rings. The number of ether oxygens (including phenoxy) is 4. The minimum atomic E-state index is -0.575. The summed E-state index contributed by atoms with van der Waals surface area (Å²) in [5.41, 5.74) is 8.41. The quantitative estimate of drug-likeness (QED) is 0.0517. The third-order valence-electron chi connectivity index (χ3n) is 10.1. The first kappa shape index (κ1) is 39.6. The normalized spacial score (nSPS) is 26.3. The number of hydrogen-bond acceptors (Lipinski definition) is 13. The van der Waals surface area contributed by atoms with Crippen molar-refractivity contribution in [2.45, 2.75) is 88.2 Å². The van der Waals surface area contributed by atoms with Gasteiger partial charge in [-0.2, -0.15) is 0 Å². The van der Waals surface area contributed by atoms with E-state index in [0.29, 0.717) is 54.9 Å². The van der Waals surface area contributed by atoms with Gasteiger partial charge in [0.05, 0.1) is 37.5 Å². The third-order valence-corrected chi connectivity index (χ3v) is 12.7. The fourth-order valence-electron chi connectivity index (χ4n) is 7.52. The molecular weight excluding hydrogens is 733 g/mol. The number of rotatable bonds is 10. The van der Waals surface area contributed by atoms with E-state index in [1.54, 1.807) is 46.1 Å². The van der Waals surface area contributed by atoms with Crippen LogP contribution in [0.1, 0.15) is 68.2 Å². The van der Waals surface area contributed by atoms with Gasteiger partial charge in [-0.3, -0.25) is 14.8 Å². The molecule has 0 unspecified atom stereocenters. The Morgan fingerprint density at radius 3 is 2.81 bits per heavy atom. The van der Waals surface area contributed by atoms with Crippen LogP contribution >= 0.6 is 21.6 Å². The van der Waals surface area contributed by atoms with E-state index < -0.39 is 23.7 Å². The molecule has 6 atom stereocenters. The second-order valence-electron chi connectivity index (χ2n) is 14.3. The highest BCUT2D eigenvalue weighted by Gasteiger charge is 2.40. The Kier molecular flexibility index (Phi) is 13.6. The monoisotopic (exact) mass is 782 g/mol. The van der Waals surface area contributed by atoms with E-state index in [-0.39, 0.29) is 66.8 Å². The zero-order chi connectivity index (χ0) is 38.1. The lowest BCUT2D eigenvalue weighted by Gasteiger charge is -2.41. The van der Waals surface area contributed by atoms with E-state index in [2.05, 4.69) is 15.3 Å². The fraction of sp³-hybridized carbons (Fsp3) is 0.513. The summed E-state index contributed by atoms with van der Waals surface area (Å²) in [6, 6.07) is 12.4. The number of pyridine rings is 1. The number of phenols is 3. The standard InChI is InChI=1S/C39H50N4O9S2/c1-24(45)50-30-18-33(27-16-32(47)37(48)36(17-27)49-13-8-25-4-3-10-41-21-25)52-34(19-30)28-14-26-6-7-31(46)35(15-26)51-29-5-2-9-39(20-29,23-54-53-22-28)43-38(40)42-11-12-44/h3-4,6-7,10,15-17,21,28-30,33-34,44,46-48H,2,5,8-9,11-14,18-20,22-23H2,1H3,(H3,40,42,43)/t28-,29+,30+,33+,34-,39-/m1/s1. The summed E-state index contributed by atoms with van der Waals surface area (Å²) in [5, 5.41) is 45.1. The van der Waals surface area contributed by atoms with Gasteiger partial charge in [-0.15, -0.1) is 0 Å². The molecule has 13 nitrogen and oxygen atoms in total. The Labute approximate surface area is 323 Å². The number of aromatic nitrogens is 1. The van der Waals surface area contributed by atoms with Crippen molar-refractivity contribution >= 4 is 33.5 Å². The zero-order valence-electron chi connectivity index (χ0n) is 30.4. The van der Waals surface area contributed by atoms with Gasteiger partial charge in [0.25, 0.3) is 0 Å². The van der Waals surface area contributed by atoms with E-state index in [9.17, 15) is 25.2 Å². The number of carbonyl (C=O) groups excluding carboxylic acids is 1. The molecule has 7 N–H and O–H groups in total. The third kappa shape index (κ3) is 10.6. The maximum absolute atomic E-state index is 12.3. The van der Waals surface area contributed by atoms with E-state index in [1.165, 1.54) is 13.0 Å². The Balaban J connectivity index is 1.25. The Morgan fingerprint density at radius 2 is 2.02 bits per heavy atom. The number of aliphatic imine (C=N–C) groups is 1. The second-order valence-corrected chi connectivity index (χ2v) is 16.8. The van der Waals surface area contributed by atoms with Crippen molar-refractivity contribution in [3.8, 4) is 28.7 Å². The number of nitrogens with one attached hydrogen (secondary N) is 1. The molecular formula is C39H50N4O9S2. The Hall–Kier alpha value is -4.05. The highest BCUT2D eigenvalue weighted by molar-refractivity contribution is 8.76. The lowest BCUT2D eigenvalue weighted by Crippen LogP contribution is -2.57. The number of guanidine groups is 1. The van der Waals surface area contributed by atoms with Crippen LogP contribution in [0.3, 0.4) is 0 Å². The topological polar surface area (TPSA) is 198 Å². The number of phenolic OH excluding ortho intramolecular Hbond substituents is 3. The number of esters is 1. The summed E-state index contributed by atoms with van der Waals surface area (Å²) in [7, 11) is 3.48. The molecule has 15 heteroatoms. The molecule has 1 saturated carbocycles. The smallest absolute Gasteiger partial charge is 0.302 e. The van der Waals surface area contributed by atoms with Gasteiger partial charge >= 0.3 is 5.97 Å². The molecule has 1 saturated heterocycles. The molecule has 2 aliphatic heterocycles. The van der Waals surface area contributed by atoms with Crippen molar-refractivity contribution in [3.63, 3.8) is 0 Å². The fourth-order valence-corrected chi connectivity index (χ4v) is 10.5. The molecule has 54 heavy (non-hydrogen) atoms. The summed E-state index contributed by atoms with van der Waals surface area (Å²) in [5.74, 6) is 1.17. The zero-order valence-corrected chi connectivity index (χ0v) is 32.0. The molecule has 3 aromatic rings. The summed E-state index contributed by atoms with van der Waals surface area (Å²) >= 11 is 0. The van der Waals surface area contributed by atoms with Crippen molar-refractivity contribution in [2.75, 3.05) is 31.3 Å². The highest BCUT2D eigenvalue weighted by atomic mass is 33.1. The molecule has 0 radical (unpaired) electrons. The highest BCUT2D eigenvalue weighted by Crippen LogP contribution is 2.45. The van der Waals surface area contributed by atoms with Crippen LogP contribution in [0, 0.1) is 5.92 Å². The van der Waals surface area contributed by atoms with Gasteiger partial charge in [0.1, 0.15) is 12.2 Å². The second kappa shape index (κ2) is 18.5. The number of aliphatic hydroxyl groups is 1. The molecule has 1 aromatic heterocycles. The van der Waals surface area contributed by atoms with Crippen LogP contribution in [-0.2, 0) is 27.1 Å². The maximum atomic E-state index is 12.3. The summed E-state index contributed by atoms with van der Waals surface area (Å²) in [6.45, 7) is 1.76. The minimum Gasteiger partial charge on any atom is -0.504 e. The van der Waals surface area contributed by atoms with Gasteiger partial charge in [0.2, 0.25) is 5.75 Å². The van der Waals surface area contributed by atoms with Crippen LogP contribution in [-0.4, -0.2) is 92.5 Å². The van der Waals surface area contributed by atoms with Gasteiger partial charge in [0, 0.05) is 56.5 Å². The molecule has 0 spiro atoms. The largest absolute Gasteiger partial charge is 0.504 e. The van der Waals surface area contributed by atoms with Crippen LogP contribution in [0.5, 0.6) is 28.7 Å². The van der Waals surface area contributed by atoms with E-state index in [0.717, 1.165) is 30.4 Å². The van der Waals surface area contributed by atoms with E-state index in [1.807, 2.05) is 24.3 Å². The van der Waals surface area contributed by atoms with Crippen LogP contribution in [0.25, 0.3) is 0 Å². The number of nitrogens with zero attached hydrogens (tertiary/aromatic N) is 2. The number of aromatic hydroxyl groups is 3. The molecule has 2 aromatic carbocycles. The summed E-state index contributed by atoms with van der Waals surface area (Å²) in [4.78, 5) is 20.7. The van der Waals surface area contributed by atoms with Crippen molar-refractivity contribution in [2.24, 2.45) is 16.6 Å². The molecule has 1 aliphatic carbocycles. The maximum Gasteiger partial charge on any atom is 0.302 e. The summed E-state index contributed by atoms with van der Waals surface area (Å²) < 4.78 is 25.1. The van der Waals surface area contributed by atoms with Crippen LogP contribution < -0.4 is 20.5 Å². The molecule has 2 fully saturated rings. The first-order chi connectivity index (χ1) is 26.1. The average Bonchev–Trinajstić information content (AvgIpc) is 3.15. The first-order valence-corrected chi connectivity index (χ1v) is 20.9. The number of aliphatic hydroxyl groups excluding tert-OH is 1. The van der Waals surface area contributed by atoms with Crippen molar-refractivity contribution < 1.29 is 44.2 Å². The number of carbonyl (C=O) groups is 1. The molecule has 292 valence electrons. The predicted octanol–water partition coefficient (Wildman–Crippen LogP) is 5.18. The molecule has 4 bridgehead atoms. The van der Waals surface area contributed by atoms with Gasteiger partial charge in [-0.05, 0) is 78.6 Å². The van der Waals surface area contributed by atoms with Gasteiger partial charge in [0.15, 0.2) is 29.0 Å². The number of hydrogen-bond donors (Lipinski definition) is 6. The molecule has 0 amide bonds. The average molecular weight is 783 g/mol. The van der Waals surface area contributed by atoms with E-state index in [4.69, 9.17) is 24.7 Å².